The molecule has 3 heteroatoms. The number of aromatic nitrogens is 1. The molecule has 0 radical (unpaired) electrons. The van der Waals surface area contributed by atoms with Crippen LogP contribution in [0.5, 0.6) is 5.75 Å². The van der Waals surface area contributed by atoms with Crippen molar-refractivity contribution in [3.05, 3.63) is 30.5 Å². The summed E-state index contributed by atoms with van der Waals surface area (Å²) in [5.41, 5.74) is 1.07. The molecule has 0 amide bonds. The zero-order valence-corrected chi connectivity index (χ0v) is 7.40. The molecule has 0 aliphatic heterocycles. The molecule has 2 rings (SSSR count). The van der Waals surface area contributed by atoms with Gasteiger partial charge in [0.1, 0.15) is 12.5 Å². The highest BCUT2D eigenvalue weighted by atomic mass is 16.5. The van der Waals surface area contributed by atoms with E-state index < -0.39 is 0 Å². The average molecular weight is 177 g/mol. The Morgan fingerprint density at radius 1 is 1.38 bits per heavy atom. The minimum Gasteiger partial charge on any atom is -0.508 e. The topological polar surface area (TPSA) is 34.4 Å². The van der Waals surface area contributed by atoms with Crippen molar-refractivity contribution >= 4 is 10.9 Å². The third-order valence-corrected chi connectivity index (χ3v) is 2.02. The maximum atomic E-state index is 9.23. The van der Waals surface area contributed by atoms with Gasteiger partial charge in [0, 0.05) is 18.7 Å². The van der Waals surface area contributed by atoms with Crippen LogP contribution in [0.4, 0.5) is 0 Å². The van der Waals surface area contributed by atoms with Gasteiger partial charge >= 0.3 is 0 Å². The van der Waals surface area contributed by atoms with Crippen LogP contribution in [0.3, 0.4) is 0 Å². The number of phenolic OH excluding ortho intramolecular Hbond substituents is 1. The van der Waals surface area contributed by atoms with Crippen molar-refractivity contribution in [3.63, 3.8) is 0 Å². The van der Waals surface area contributed by atoms with E-state index in [1.165, 1.54) is 0 Å². The van der Waals surface area contributed by atoms with Crippen LogP contribution < -0.4 is 0 Å². The fourth-order valence-electron chi connectivity index (χ4n) is 1.44. The molecule has 2 aromatic rings. The molecule has 0 fully saturated rings. The Kier molecular flexibility index (Phi) is 1.94. The van der Waals surface area contributed by atoms with Crippen LogP contribution >= 0.6 is 0 Å². The molecule has 0 saturated heterocycles. The summed E-state index contributed by atoms with van der Waals surface area (Å²) in [7, 11) is 1.66. The lowest BCUT2D eigenvalue weighted by Crippen LogP contribution is -1.96. The Labute approximate surface area is 76.2 Å². The molecule has 3 nitrogen and oxygen atoms in total. The second-order valence-electron chi connectivity index (χ2n) is 2.95. The standard InChI is InChI=1S/C10H11NO2/c1-13-7-11-5-4-8-6-9(12)2-3-10(8)11/h2-6,12H,7H2,1H3. The van der Waals surface area contributed by atoms with E-state index in [1.807, 2.05) is 22.9 Å². The van der Waals surface area contributed by atoms with E-state index in [0.29, 0.717) is 12.5 Å². The van der Waals surface area contributed by atoms with Crippen molar-refractivity contribution < 1.29 is 9.84 Å². The first kappa shape index (κ1) is 8.13. The number of phenols is 1. The van der Waals surface area contributed by atoms with Crippen molar-refractivity contribution in [2.75, 3.05) is 7.11 Å². The summed E-state index contributed by atoms with van der Waals surface area (Å²) in [6, 6.07) is 7.24. The van der Waals surface area contributed by atoms with Gasteiger partial charge in [-0.15, -0.1) is 0 Å². The van der Waals surface area contributed by atoms with Crippen LogP contribution in [0.1, 0.15) is 0 Å². The van der Waals surface area contributed by atoms with E-state index in [4.69, 9.17) is 4.74 Å². The molecule has 1 aromatic carbocycles. The number of hydrogen-bond acceptors (Lipinski definition) is 2. The van der Waals surface area contributed by atoms with Gasteiger partial charge in [-0.25, -0.2) is 0 Å². The van der Waals surface area contributed by atoms with Crippen LogP contribution in [0, 0.1) is 0 Å². The highest BCUT2D eigenvalue weighted by molar-refractivity contribution is 5.81. The summed E-state index contributed by atoms with van der Waals surface area (Å²) in [5, 5.41) is 10.3. The second-order valence-corrected chi connectivity index (χ2v) is 2.95. The molecular formula is C10H11NO2. The average Bonchev–Trinajstić information content (AvgIpc) is 2.49. The van der Waals surface area contributed by atoms with Gasteiger partial charge in [0.05, 0.1) is 5.52 Å². The molecule has 0 saturated carbocycles. The summed E-state index contributed by atoms with van der Waals surface area (Å²) < 4.78 is 7.01. The molecule has 0 unspecified atom stereocenters. The minimum atomic E-state index is 0.294. The molecule has 1 N–H and O–H groups in total. The third kappa shape index (κ3) is 1.38. The Bertz CT molecular complexity index is 420. The molecule has 13 heavy (non-hydrogen) atoms. The number of hydrogen-bond donors (Lipinski definition) is 1. The summed E-state index contributed by atoms with van der Waals surface area (Å²) >= 11 is 0. The zero-order chi connectivity index (χ0) is 9.26. The van der Waals surface area contributed by atoms with Gasteiger partial charge in [0.15, 0.2) is 0 Å². The van der Waals surface area contributed by atoms with Crippen molar-refractivity contribution in [2.24, 2.45) is 0 Å². The van der Waals surface area contributed by atoms with E-state index in [1.54, 1.807) is 19.2 Å². The van der Waals surface area contributed by atoms with Gasteiger partial charge in [0.2, 0.25) is 0 Å². The van der Waals surface area contributed by atoms with Crippen molar-refractivity contribution in [1.29, 1.82) is 0 Å². The fraction of sp³-hybridized carbons (Fsp3) is 0.200. The quantitative estimate of drug-likeness (QED) is 0.760. The van der Waals surface area contributed by atoms with Gasteiger partial charge in [-0.1, -0.05) is 0 Å². The van der Waals surface area contributed by atoms with Crippen LogP contribution in [-0.2, 0) is 11.5 Å². The molecule has 0 bridgehead atoms. The van der Waals surface area contributed by atoms with E-state index >= 15 is 0 Å². The first-order valence-electron chi connectivity index (χ1n) is 4.08. The van der Waals surface area contributed by atoms with E-state index in [2.05, 4.69) is 0 Å². The normalized spacial score (nSPS) is 10.8. The smallest absolute Gasteiger partial charge is 0.122 e. The van der Waals surface area contributed by atoms with Crippen LogP contribution in [-0.4, -0.2) is 16.8 Å². The number of ether oxygens (including phenoxy) is 1. The van der Waals surface area contributed by atoms with Crippen LogP contribution in [0.2, 0.25) is 0 Å². The number of fused-ring (bicyclic) bond motifs is 1. The van der Waals surface area contributed by atoms with Gasteiger partial charge in [-0.3, -0.25) is 0 Å². The summed E-state index contributed by atoms with van der Waals surface area (Å²) in [6.45, 7) is 0.536. The van der Waals surface area contributed by atoms with Crippen LogP contribution in [0.25, 0.3) is 10.9 Å². The van der Waals surface area contributed by atoms with E-state index in [-0.39, 0.29) is 0 Å². The monoisotopic (exact) mass is 177 g/mol. The predicted octanol–water partition coefficient (Wildman–Crippen LogP) is 1.95. The van der Waals surface area contributed by atoms with E-state index in [0.717, 1.165) is 10.9 Å². The zero-order valence-electron chi connectivity index (χ0n) is 7.40. The molecule has 0 spiro atoms. The fourth-order valence-corrected chi connectivity index (χ4v) is 1.44. The number of aromatic hydroxyl groups is 1. The first-order chi connectivity index (χ1) is 6.31. The lowest BCUT2D eigenvalue weighted by atomic mass is 10.2. The number of rotatable bonds is 2. The van der Waals surface area contributed by atoms with Crippen LogP contribution in [0.15, 0.2) is 30.5 Å². The number of benzene rings is 1. The lowest BCUT2D eigenvalue weighted by molar-refractivity contribution is 0.135. The highest BCUT2D eigenvalue weighted by Gasteiger charge is 2.00. The predicted molar refractivity (Wildman–Crippen MR) is 50.6 cm³/mol. The SMILES string of the molecule is COCn1ccc2cc(O)ccc21. The summed E-state index contributed by atoms with van der Waals surface area (Å²) in [4.78, 5) is 0. The minimum absolute atomic E-state index is 0.294. The Balaban J connectivity index is 2.55. The molecular weight excluding hydrogens is 166 g/mol. The summed E-state index contributed by atoms with van der Waals surface area (Å²) in [5.74, 6) is 0.294. The van der Waals surface area contributed by atoms with Gasteiger partial charge in [-0.2, -0.15) is 0 Å². The molecule has 0 aliphatic rings. The molecule has 1 heterocycles. The largest absolute Gasteiger partial charge is 0.508 e. The van der Waals surface area contributed by atoms with Gasteiger partial charge in [0.25, 0.3) is 0 Å². The highest BCUT2D eigenvalue weighted by Crippen LogP contribution is 2.20. The second kappa shape index (κ2) is 3.11. The Hall–Kier alpha value is -1.48. The Morgan fingerprint density at radius 2 is 2.23 bits per heavy atom. The number of methoxy groups -OCH3 is 1. The van der Waals surface area contributed by atoms with Gasteiger partial charge in [-0.05, 0) is 24.3 Å². The maximum Gasteiger partial charge on any atom is 0.122 e. The molecule has 0 atom stereocenters. The van der Waals surface area contributed by atoms with Crippen molar-refractivity contribution in [1.82, 2.24) is 4.57 Å². The van der Waals surface area contributed by atoms with Crippen molar-refractivity contribution in [3.8, 4) is 5.75 Å². The first-order valence-corrected chi connectivity index (χ1v) is 4.08. The molecule has 68 valence electrons. The molecule has 0 aliphatic carbocycles. The third-order valence-electron chi connectivity index (χ3n) is 2.02. The Morgan fingerprint density at radius 3 is 3.00 bits per heavy atom. The maximum absolute atomic E-state index is 9.23. The van der Waals surface area contributed by atoms with Crippen molar-refractivity contribution in [2.45, 2.75) is 6.73 Å². The lowest BCUT2D eigenvalue weighted by Gasteiger charge is -2.02. The van der Waals surface area contributed by atoms with E-state index in [9.17, 15) is 5.11 Å². The summed E-state index contributed by atoms with van der Waals surface area (Å²) in [6.07, 6.45) is 1.94. The number of nitrogens with zero attached hydrogens (tertiary/aromatic N) is 1. The van der Waals surface area contributed by atoms with Gasteiger partial charge < -0.3 is 14.4 Å². The molecule has 1 aromatic heterocycles.